The lowest BCUT2D eigenvalue weighted by molar-refractivity contribution is 0.0658. The van der Waals surface area contributed by atoms with Crippen molar-refractivity contribution in [2.75, 3.05) is 38.5 Å². The zero-order chi connectivity index (χ0) is 18.7. The van der Waals surface area contributed by atoms with Crippen molar-refractivity contribution in [2.24, 2.45) is 0 Å². The van der Waals surface area contributed by atoms with Gasteiger partial charge in [0.15, 0.2) is 0 Å². The number of carbonyl (C=O) groups is 1. The van der Waals surface area contributed by atoms with E-state index < -0.39 is 0 Å². The van der Waals surface area contributed by atoms with Crippen LogP contribution < -0.4 is 5.32 Å². The van der Waals surface area contributed by atoms with E-state index in [1.54, 1.807) is 6.07 Å². The molecule has 2 aromatic rings. The first-order chi connectivity index (χ1) is 12.4. The molecule has 1 saturated heterocycles. The predicted octanol–water partition coefficient (Wildman–Crippen LogP) is 3.04. The Labute approximate surface area is 155 Å². The van der Waals surface area contributed by atoms with Gasteiger partial charge in [0.2, 0.25) is 0 Å². The fourth-order valence-corrected chi connectivity index (χ4v) is 3.01. The average molecular weight is 353 g/mol. The van der Waals surface area contributed by atoms with Crippen LogP contribution in [0.5, 0.6) is 0 Å². The third kappa shape index (κ3) is 4.38. The molecule has 0 unspecified atom stereocenters. The highest BCUT2D eigenvalue weighted by atomic mass is 16.2. The largest absolute Gasteiger partial charge is 0.340 e. The SMILES string of the molecule is Cc1nc(Nc2ccc(C(C)C)cc2)cc(C(=O)N2CCN(C)CC2)n1. The number of carbonyl (C=O) groups excluding carboxylic acids is 1. The summed E-state index contributed by atoms with van der Waals surface area (Å²) in [6.45, 7) is 9.41. The van der Waals surface area contributed by atoms with E-state index in [0.717, 1.165) is 31.9 Å². The van der Waals surface area contributed by atoms with Gasteiger partial charge in [-0.2, -0.15) is 0 Å². The molecule has 1 aliphatic rings. The fraction of sp³-hybridized carbons (Fsp3) is 0.450. The number of nitrogens with one attached hydrogen (secondary N) is 1. The minimum absolute atomic E-state index is 0.0261. The normalized spacial score (nSPS) is 15.3. The fourth-order valence-electron chi connectivity index (χ4n) is 3.01. The van der Waals surface area contributed by atoms with Gasteiger partial charge in [0.05, 0.1) is 0 Å². The maximum Gasteiger partial charge on any atom is 0.272 e. The van der Waals surface area contributed by atoms with Crippen molar-refractivity contribution < 1.29 is 4.79 Å². The van der Waals surface area contributed by atoms with Crippen LogP contribution in [0.1, 0.15) is 41.6 Å². The van der Waals surface area contributed by atoms with Crippen LogP contribution in [-0.2, 0) is 0 Å². The minimum Gasteiger partial charge on any atom is -0.340 e. The molecule has 1 fully saturated rings. The number of likely N-dealkylation sites (N-methyl/N-ethyl adjacent to an activating group) is 1. The van der Waals surface area contributed by atoms with Crippen molar-refractivity contribution in [3.8, 4) is 0 Å². The number of hydrogen-bond donors (Lipinski definition) is 1. The number of piperazine rings is 1. The molecule has 6 heteroatoms. The number of hydrogen-bond acceptors (Lipinski definition) is 5. The molecule has 1 amide bonds. The predicted molar refractivity (Wildman–Crippen MR) is 104 cm³/mol. The summed E-state index contributed by atoms with van der Waals surface area (Å²) in [5.74, 6) is 1.71. The molecule has 0 radical (unpaired) electrons. The highest BCUT2D eigenvalue weighted by Crippen LogP contribution is 2.20. The van der Waals surface area contributed by atoms with Crippen LogP contribution >= 0.6 is 0 Å². The number of aryl methyl sites for hydroxylation is 1. The molecule has 0 saturated carbocycles. The lowest BCUT2D eigenvalue weighted by Crippen LogP contribution is -2.47. The summed E-state index contributed by atoms with van der Waals surface area (Å²) in [4.78, 5) is 25.6. The summed E-state index contributed by atoms with van der Waals surface area (Å²) in [7, 11) is 2.07. The van der Waals surface area contributed by atoms with E-state index in [0.29, 0.717) is 23.3 Å². The van der Waals surface area contributed by atoms with Crippen LogP contribution in [-0.4, -0.2) is 58.9 Å². The molecule has 138 valence electrons. The maximum atomic E-state index is 12.8. The summed E-state index contributed by atoms with van der Waals surface area (Å²) in [6, 6.07) is 10.0. The van der Waals surface area contributed by atoms with Crippen LogP contribution in [0, 0.1) is 6.92 Å². The van der Waals surface area contributed by atoms with Gasteiger partial charge in [-0.3, -0.25) is 4.79 Å². The topological polar surface area (TPSA) is 61.4 Å². The molecule has 0 aliphatic carbocycles. The number of nitrogens with zero attached hydrogens (tertiary/aromatic N) is 4. The van der Waals surface area contributed by atoms with E-state index in [2.05, 4.69) is 53.2 Å². The number of aromatic nitrogens is 2. The smallest absolute Gasteiger partial charge is 0.272 e. The second-order valence-electron chi connectivity index (χ2n) is 7.18. The van der Waals surface area contributed by atoms with E-state index in [1.807, 2.05) is 24.0 Å². The Hall–Kier alpha value is -2.47. The molecular formula is C20H27N5O. The summed E-state index contributed by atoms with van der Waals surface area (Å²) < 4.78 is 0. The van der Waals surface area contributed by atoms with Crippen molar-refractivity contribution in [1.29, 1.82) is 0 Å². The highest BCUT2D eigenvalue weighted by Gasteiger charge is 2.22. The third-order valence-corrected chi connectivity index (χ3v) is 4.70. The Morgan fingerprint density at radius 3 is 2.35 bits per heavy atom. The average Bonchev–Trinajstić information content (AvgIpc) is 2.61. The zero-order valence-electron chi connectivity index (χ0n) is 16.0. The van der Waals surface area contributed by atoms with E-state index in [9.17, 15) is 4.79 Å². The molecule has 0 spiro atoms. The molecule has 26 heavy (non-hydrogen) atoms. The molecule has 0 atom stereocenters. The van der Waals surface area contributed by atoms with E-state index >= 15 is 0 Å². The lowest BCUT2D eigenvalue weighted by atomic mass is 10.0. The first-order valence-corrected chi connectivity index (χ1v) is 9.13. The molecule has 1 N–H and O–H groups in total. The van der Waals surface area contributed by atoms with Crippen molar-refractivity contribution in [3.63, 3.8) is 0 Å². The van der Waals surface area contributed by atoms with Crippen molar-refractivity contribution in [2.45, 2.75) is 26.7 Å². The first kappa shape index (κ1) is 18.3. The summed E-state index contributed by atoms with van der Waals surface area (Å²) in [6.07, 6.45) is 0. The van der Waals surface area contributed by atoms with Gasteiger partial charge < -0.3 is 15.1 Å². The van der Waals surface area contributed by atoms with E-state index in [4.69, 9.17) is 0 Å². The highest BCUT2D eigenvalue weighted by molar-refractivity contribution is 5.93. The van der Waals surface area contributed by atoms with Crippen LogP contribution in [0.4, 0.5) is 11.5 Å². The number of rotatable bonds is 4. The van der Waals surface area contributed by atoms with Crippen LogP contribution in [0.15, 0.2) is 30.3 Å². The molecule has 0 bridgehead atoms. The molecule has 1 aromatic heterocycles. The van der Waals surface area contributed by atoms with Gasteiger partial charge in [-0.25, -0.2) is 9.97 Å². The summed E-state index contributed by atoms with van der Waals surface area (Å²) in [5, 5.41) is 3.29. The van der Waals surface area contributed by atoms with Gasteiger partial charge >= 0.3 is 0 Å². The van der Waals surface area contributed by atoms with Gasteiger partial charge in [0, 0.05) is 37.9 Å². The van der Waals surface area contributed by atoms with E-state index in [-0.39, 0.29) is 5.91 Å². The Bertz CT molecular complexity index is 764. The minimum atomic E-state index is -0.0261. The maximum absolute atomic E-state index is 12.8. The van der Waals surface area contributed by atoms with Crippen LogP contribution in [0.25, 0.3) is 0 Å². The standard InChI is InChI=1S/C20H27N5O/c1-14(2)16-5-7-17(8-6-16)23-19-13-18(21-15(3)22-19)20(26)25-11-9-24(4)10-12-25/h5-8,13-14H,9-12H2,1-4H3,(H,21,22,23). The summed E-state index contributed by atoms with van der Waals surface area (Å²) >= 11 is 0. The number of benzene rings is 1. The number of anilines is 2. The van der Waals surface area contributed by atoms with Gasteiger partial charge in [0.25, 0.3) is 5.91 Å². The Morgan fingerprint density at radius 2 is 1.73 bits per heavy atom. The number of amides is 1. The van der Waals surface area contributed by atoms with Crippen LogP contribution in [0.2, 0.25) is 0 Å². The molecule has 1 aromatic carbocycles. The second-order valence-corrected chi connectivity index (χ2v) is 7.18. The Morgan fingerprint density at radius 1 is 1.08 bits per heavy atom. The van der Waals surface area contributed by atoms with Gasteiger partial charge in [-0.15, -0.1) is 0 Å². The zero-order valence-corrected chi connectivity index (χ0v) is 16.0. The molecule has 3 rings (SSSR count). The molecule has 2 heterocycles. The van der Waals surface area contributed by atoms with Gasteiger partial charge in [-0.1, -0.05) is 26.0 Å². The second kappa shape index (κ2) is 7.83. The quantitative estimate of drug-likeness (QED) is 0.915. The van der Waals surface area contributed by atoms with Crippen molar-refractivity contribution in [1.82, 2.24) is 19.8 Å². The van der Waals surface area contributed by atoms with Crippen LogP contribution in [0.3, 0.4) is 0 Å². The molecule has 6 nitrogen and oxygen atoms in total. The Kier molecular flexibility index (Phi) is 5.52. The van der Waals surface area contributed by atoms with Gasteiger partial charge in [-0.05, 0) is 37.6 Å². The monoisotopic (exact) mass is 353 g/mol. The van der Waals surface area contributed by atoms with Crippen molar-refractivity contribution in [3.05, 3.63) is 47.4 Å². The Balaban J connectivity index is 1.75. The first-order valence-electron chi connectivity index (χ1n) is 9.13. The third-order valence-electron chi connectivity index (χ3n) is 4.70. The van der Waals surface area contributed by atoms with Gasteiger partial charge in [0.1, 0.15) is 17.3 Å². The molecular weight excluding hydrogens is 326 g/mol. The lowest BCUT2D eigenvalue weighted by Gasteiger charge is -2.32. The van der Waals surface area contributed by atoms with Crippen molar-refractivity contribution >= 4 is 17.4 Å². The van der Waals surface area contributed by atoms with E-state index in [1.165, 1.54) is 5.56 Å². The molecule has 1 aliphatic heterocycles. The summed E-state index contributed by atoms with van der Waals surface area (Å²) in [5.41, 5.74) is 2.69.